The van der Waals surface area contributed by atoms with Gasteiger partial charge in [-0.1, -0.05) is 25.1 Å². The third-order valence-electron chi connectivity index (χ3n) is 3.36. The molecular weight excluding hydrogens is 264 g/mol. The van der Waals surface area contributed by atoms with Crippen LogP contribution >= 0.6 is 0 Å². The highest BCUT2D eigenvalue weighted by atomic mass is 16.1. The number of nitrogens with one attached hydrogen (secondary N) is 1. The van der Waals surface area contributed by atoms with Gasteiger partial charge in [-0.15, -0.1) is 0 Å². The van der Waals surface area contributed by atoms with E-state index in [4.69, 9.17) is 0 Å². The normalized spacial score (nSPS) is 11.8. The maximum atomic E-state index is 12.1. The molecule has 0 aliphatic carbocycles. The quantitative estimate of drug-likeness (QED) is 0.917. The number of para-hydroxylation sites is 1. The summed E-state index contributed by atoms with van der Waals surface area (Å²) in [7, 11) is 1.91. The van der Waals surface area contributed by atoms with Gasteiger partial charge >= 0.3 is 0 Å². The van der Waals surface area contributed by atoms with Gasteiger partial charge in [0.2, 0.25) is 0 Å². The fraction of sp³-hybridized carbons (Fsp3) is 0.312. The van der Waals surface area contributed by atoms with Gasteiger partial charge in [-0.2, -0.15) is 0 Å². The van der Waals surface area contributed by atoms with Crippen LogP contribution in [0.4, 0.5) is 11.5 Å². The van der Waals surface area contributed by atoms with Crippen molar-refractivity contribution in [1.82, 2.24) is 15.3 Å². The molecule has 2 aromatic rings. The Kier molecular flexibility index (Phi) is 4.87. The third-order valence-corrected chi connectivity index (χ3v) is 3.36. The van der Waals surface area contributed by atoms with Gasteiger partial charge in [0.25, 0.3) is 5.91 Å². The zero-order valence-electron chi connectivity index (χ0n) is 12.6. The van der Waals surface area contributed by atoms with Gasteiger partial charge in [-0.3, -0.25) is 4.79 Å². The van der Waals surface area contributed by atoms with E-state index in [1.807, 2.05) is 56.1 Å². The van der Waals surface area contributed by atoms with E-state index in [1.165, 1.54) is 6.33 Å². The molecule has 0 saturated carbocycles. The largest absolute Gasteiger partial charge is 0.348 e. The van der Waals surface area contributed by atoms with Crippen molar-refractivity contribution in [3.63, 3.8) is 0 Å². The lowest BCUT2D eigenvalue weighted by Crippen LogP contribution is -2.32. The maximum absolute atomic E-state index is 12.1. The van der Waals surface area contributed by atoms with Crippen LogP contribution in [-0.4, -0.2) is 29.0 Å². The molecule has 0 aliphatic rings. The van der Waals surface area contributed by atoms with Crippen LogP contribution in [0, 0.1) is 0 Å². The highest BCUT2D eigenvalue weighted by Gasteiger charge is 2.13. The second kappa shape index (κ2) is 6.83. The molecule has 0 aliphatic heterocycles. The minimum atomic E-state index is -0.172. The second-order valence-corrected chi connectivity index (χ2v) is 4.94. The van der Waals surface area contributed by atoms with Gasteiger partial charge in [0, 0.05) is 24.8 Å². The Bertz CT molecular complexity index is 600. The van der Waals surface area contributed by atoms with Crippen LogP contribution in [0.25, 0.3) is 0 Å². The first-order valence-corrected chi connectivity index (χ1v) is 7.03. The summed E-state index contributed by atoms with van der Waals surface area (Å²) in [6.07, 6.45) is 2.30. The number of aromatic nitrogens is 2. The van der Waals surface area contributed by atoms with Gasteiger partial charge in [-0.25, -0.2) is 9.97 Å². The number of hydrogen-bond donors (Lipinski definition) is 1. The smallest absolute Gasteiger partial charge is 0.270 e. The van der Waals surface area contributed by atoms with E-state index in [1.54, 1.807) is 6.07 Å². The van der Waals surface area contributed by atoms with Gasteiger partial charge < -0.3 is 10.2 Å². The van der Waals surface area contributed by atoms with Crippen molar-refractivity contribution in [2.75, 3.05) is 11.9 Å². The van der Waals surface area contributed by atoms with Crippen LogP contribution < -0.4 is 10.2 Å². The van der Waals surface area contributed by atoms with Crippen LogP contribution in [-0.2, 0) is 0 Å². The minimum Gasteiger partial charge on any atom is -0.348 e. The number of carbonyl (C=O) groups is 1. The number of nitrogens with zero attached hydrogens (tertiary/aromatic N) is 3. The predicted molar refractivity (Wildman–Crippen MR) is 83.8 cm³/mol. The zero-order chi connectivity index (χ0) is 15.2. The highest BCUT2D eigenvalue weighted by Crippen LogP contribution is 2.20. The molecule has 5 heteroatoms. The molecule has 0 fully saturated rings. The van der Waals surface area contributed by atoms with E-state index in [0.717, 1.165) is 12.1 Å². The first kappa shape index (κ1) is 15.0. The van der Waals surface area contributed by atoms with E-state index in [2.05, 4.69) is 15.3 Å². The van der Waals surface area contributed by atoms with Crippen molar-refractivity contribution in [2.24, 2.45) is 0 Å². The van der Waals surface area contributed by atoms with E-state index in [9.17, 15) is 4.79 Å². The number of benzene rings is 1. The molecule has 1 unspecified atom stereocenters. The van der Waals surface area contributed by atoms with Crippen LogP contribution in [0.15, 0.2) is 42.7 Å². The lowest BCUT2D eigenvalue weighted by molar-refractivity contribution is 0.0934. The fourth-order valence-electron chi connectivity index (χ4n) is 1.84. The average Bonchev–Trinajstić information content (AvgIpc) is 2.55. The van der Waals surface area contributed by atoms with Crippen molar-refractivity contribution in [3.05, 3.63) is 48.4 Å². The van der Waals surface area contributed by atoms with Gasteiger partial charge in [0.15, 0.2) is 0 Å². The number of hydrogen-bond acceptors (Lipinski definition) is 4. The second-order valence-electron chi connectivity index (χ2n) is 4.94. The highest BCUT2D eigenvalue weighted by molar-refractivity contribution is 5.93. The summed E-state index contributed by atoms with van der Waals surface area (Å²) in [6.45, 7) is 4.00. The zero-order valence-corrected chi connectivity index (χ0v) is 12.6. The Morgan fingerprint density at radius 2 is 2.00 bits per heavy atom. The van der Waals surface area contributed by atoms with Crippen LogP contribution in [0.1, 0.15) is 30.8 Å². The molecule has 0 spiro atoms. The van der Waals surface area contributed by atoms with E-state index < -0.39 is 0 Å². The molecule has 1 aromatic heterocycles. The number of amides is 1. The molecule has 110 valence electrons. The van der Waals surface area contributed by atoms with Gasteiger partial charge in [0.05, 0.1) is 0 Å². The molecule has 1 aromatic carbocycles. The van der Waals surface area contributed by atoms with E-state index >= 15 is 0 Å². The summed E-state index contributed by atoms with van der Waals surface area (Å²) < 4.78 is 0. The fourth-order valence-corrected chi connectivity index (χ4v) is 1.84. The molecule has 1 atom stereocenters. The van der Waals surface area contributed by atoms with Crippen molar-refractivity contribution in [3.8, 4) is 0 Å². The summed E-state index contributed by atoms with van der Waals surface area (Å²) >= 11 is 0. The average molecular weight is 284 g/mol. The molecule has 0 saturated heterocycles. The van der Waals surface area contributed by atoms with Crippen molar-refractivity contribution >= 4 is 17.4 Å². The third kappa shape index (κ3) is 3.78. The summed E-state index contributed by atoms with van der Waals surface area (Å²) in [4.78, 5) is 22.3. The molecule has 21 heavy (non-hydrogen) atoms. The Morgan fingerprint density at radius 1 is 1.29 bits per heavy atom. The Balaban J connectivity index is 2.20. The summed E-state index contributed by atoms with van der Waals surface area (Å²) in [6, 6.07) is 11.7. The number of carbonyl (C=O) groups excluding carboxylic acids is 1. The molecule has 1 heterocycles. The van der Waals surface area contributed by atoms with Crippen LogP contribution in [0.2, 0.25) is 0 Å². The first-order valence-electron chi connectivity index (χ1n) is 7.03. The Morgan fingerprint density at radius 3 is 2.67 bits per heavy atom. The Hall–Kier alpha value is -2.43. The summed E-state index contributed by atoms with van der Waals surface area (Å²) in [5.74, 6) is 0.514. The van der Waals surface area contributed by atoms with Gasteiger partial charge in [-0.05, 0) is 25.5 Å². The summed E-state index contributed by atoms with van der Waals surface area (Å²) in [5, 5.41) is 2.90. The molecule has 2 rings (SSSR count). The summed E-state index contributed by atoms with van der Waals surface area (Å²) in [5.41, 5.74) is 1.38. The molecule has 0 radical (unpaired) electrons. The monoisotopic (exact) mass is 284 g/mol. The van der Waals surface area contributed by atoms with Crippen LogP contribution in [0.5, 0.6) is 0 Å². The molecule has 1 amide bonds. The van der Waals surface area contributed by atoms with Crippen molar-refractivity contribution in [2.45, 2.75) is 26.3 Å². The minimum absolute atomic E-state index is 0.128. The number of anilines is 2. The van der Waals surface area contributed by atoms with Gasteiger partial charge in [0.1, 0.15) is 17.8 Å². The molecule has 5 nitrogen and oxygen atoms in total. The molecule has 1 N–H and O–H groups in total. The standard InChI is InChI=1S/C16H20N4O/c1-4-12(2)19-16(21)14-10-15(18-11-17-14)20(3)13-8-6-5-7-9-13/h5-12H,4H2,1-3H3,(H,19,21). The Labute approximate surface area is 125 Å². The molecule has 0 bridgehead atoms. The van der Waals surface area contributed by atoms with Crippen molar-refractivity contribution < 1.29 is 4.79 Å². The first-order chi connectivity index (χ1) is 10.1. The van der Waals surface area contributed by atoms with Crippen LogP contribution in [0.3, 0.4) is 0 Å². The molecular formula is C16H20N4O. The predicted octanol–water partition coefficient (Wildman–Crippen LogP) is 2.77. The van der Waals surface area contributed by atoms with E-state index in [0.29, 0.717) is 11.5 Å². The maximum Gasteiger partial charge on any atom is 0.270 e. The van der Waals surface area contributed by atoms with Crippen molar-refractivity contribution in [1.29, 1.82) is 0 Å². The topological polar surface area (TPSA) is 58.1 Å². The lowest BCUT2D eigenvalue weighted by Gasteiger charge is -2.18. The SMILES string of the molecule is CCC(C)NC(=O)c1cc(N(C)c2ccccc2)ncn1. The lowest BCUT2D eigenvalue weighted by atomic mass is 10.2. The van der Waals surface area contributed by atoms with E-state index in [-0.39, 0.29) is 11.9 Å². The number of rotatable bonds is 5.